The zero-order chi connectivity index (χ0) is 25.8. The number of carbonyl (C=O) groups is 1. The number of aromatic nitrogens is 2. The SMILES string of the molecule is CCOc1ccc(-n2c(SCC(=O)N/N=C/c3ccccc3O)nc3sc4c(c3c2=O)CCCC4)cc1. The van der Waals surface area contributed by atoms with E-state index in [9.17, 15) is 14.7 Å². The first-order valence-electron chi connectivity index (χ1n) is 12.1. The van der Waals surface area contributed by atoms with Gasteiger partial charge in [-0.2, -0.15) is 5.10 Å². The summed E-state index contributed by atoms with van der Waals surface area (Å²) in [4.78, 5) is 33.2. The van der Waals surface area contributed by atoms with Crippen LogP contribution in [0.5, 0.6) is 11.5 Å². The fourth-order valence-electron chi connectivity index (χ4n) is 4.30. The highest BCUT2D eigenvalue weighted by Crippen LogP contribution is 2.35. The maximum absolute atomic E-state index is 13.8. The number of aromatic hydroxyl groups is 1. The van der Waals surface area contributed by atoms with Gasteiger partial charge in [-0.15, -0.1) is 11.3 Å². The van der Waals surface area contributed by atoms with Crippen molar-refractivity contribution in [3.05, 3.63) is 74.9 Å². The lowest BCUT2D eigenvalue weighted by Crippen LogP contribution is -2.24. The molecule has 5 rings (SSSR count). The molecule has 0 radical (unpaired) electrons. The first kappa shape index (κ1) is 25.0. The standard InChI is InChI=1S/C27H26N4O4S2/c1-2-35-19-13-11-18(12-14-19)31-26(34)24-20-8-4-6-10-22(20)37-25(24)29-27(31)36-16-23(33)30-28-15-17-7-3-5-9-21(17)32/h3,5,7,9,11-15,32H,2,4,6,8,10,16H2,1H3,(H,30,33)/b28-15+. The smallest absolute Gasteiger partial charge is 0.267 e. The van der Waals surface area contributed by atoms with Gasteiger partial charge in [0.15, 0.2) is 5.16 Å². The predicted molar refractivity (Wildman–Crippen MR) is 148 cm³/mol. The van der Waals surface area contributed by atoms with Crippen molar-refractivity contribution in [1.82, 2.24) is 15.0 Å². The van der Waals surface area contributed by atoms with Crippen molar-refractivity contribution in [2.24, 2.45) is 5.10 Å². The Balaban J connectivity index is 1.44. The van der Waals surface area contributed by atoms with Crippen LogP contribution in [-0.4, -0.2) is 39.1 Å². The van der Waals surface area contributed by atoms with E-state index in [1.807, 2.05) is 31.2 Å². The number of amides is 1. The summed E-state index contributed by atoms with van der Waals surface area (Å²) in [6.07, 6.45) is 5.43. The highest BCUT2D eigenvalue weighted by atomic mass is 32.2. The second kappa shape index (κ2) is 11.2. The number of phenols is 1. The lowest BCUT2D eigenvalue weighted by Gasteiger charge is -2.14. The number of hydrogen-bond acceptors (Lipinski definition) is 8. The third-order valence-electron chi connectivity index (χ3n) is 6.03. The molecule has 37 heavy (non-hydrogen) atoms. The summed E-state index contributed by atoms with van der Waals surface area (Å²) in [5.41, 5.74) is 4.64. The van der Waals surface area contributed by atoms with Gasteiger partial charge in [-0.1, -0.05) is 23.9 Å². The van der Waals surface area contributed by atoms with Crippen LogP contribution in [0.2, 0.25) is 0 Å². The number of nitrogens with one attached hydrogen (secondary N) is 1. The summed E-state index contributed by atoms with van der Waals surface area (Å²) in [5, 5.41) is 14.9. The predicted octanol–water partition coefficient (Wildman–Crippen LogP) is 4.67. The van der Waals surface area contributed by atoms with Gasteiger partial charge in [0.05, 0.1) is 29.6 Å². The fourth-order valence-corrected chi connectivity index (χ4v) is 6.41. The summed E-state index contributed by atoms with van der Waals surface area (Å²) in [5.74, 6) is 0.454. The summed E-state index contributed by atoms with van der Waals surface area (Å²) in [6.45, 7) is 2.47. The molecule has 2 N–H and O–H groups in total. The quantitative estimate of drug-likeness (QED) is 0.147. The molecular formula is C27H26N4O4S2. The van der Waals surface area contributed by atoms with Gasteiger partial charge >= 0.3 is 0 Å². The van der Waals surface area contributed by atoms with Gasteiger partial charge in [0, 0.05) is 10.4 Å². The summed E-state index contributed by atoms with van der Waals surface area (Å²) in [6, 6.07) is 14.0. The molecule has 1 amide bonds. The Hall–Kier alpha value is -3.63. The van der Waals surface area contributed by atoms with Crippen LogP contribution in [-0.2, 0) is 17.6 Å². The molecule has 0 bridgehead atoms. The molecule has 190 valence electrons. The van der Waals surface area contributed by atoms with Crippen LogP contribution in [0.25, 0.3) is 15.9 Å². The lowest BCUT2D eigenvalue weighted by molar-refractivity contribution is -0.118. The molecule has 2 heterocycles. The van der Waals surface area contributed by atoms with Crippen molar-refractivity contribution in [2.75, 3.05) is 12.4 Å². The normalized spacial score (nSPS) is 13.1. The minimum absolute atomic E-state index is 0.0121. The number of rotatable bonds is 8. The zero-order valence-electron chi connectivity index (χ0n) is 20.3. The van der Waals surface area contributed by atoms with Crippen molar-refractivity contribution in [2.45, 2.75) is 37.8 Å². The average molecular weight is 535 g/mol. The number of ether oxygens (including phenoxy) is 1. The molecule has 4 aromatic rings. The Morgan fingerprint density at radius 2 is 2.00 bits per heavy atom. The minimum Gasteiger partial charge on any atom is -0.507 e. The molecule has 0 unspecified atom stereocenters. The number of aryl methyl sites for hydroxylation is 2. The van der Waals surface area contributed by atoms with Crippen LogP contribution in [0.15, 0.2) is 63.6 Å². The van der Waals surface area contributed by atoms with E-state index < -0.39 is 0 Å². The molecule has 0 spiro atoms. The average Bonchev–Trinajstić information content (AvgIpc) is 3.28. The second-order valence-corrected chi connectivity index (χ2v) is 10.5. The van der Waals surface area contributed by atoms with E-state index >= 15 is 0 Å². The van der Waals surface area contributed by atoms with E-state index in [1.165, 1.54) is 22.9 Å². The van der Waals surface area contributed by atoms with Gasteiger partial charge in [-0.3, -0.25) is 14.2 Å². The monoisotopic (exact) mass is 534 g/mol. The van der Waals surface area contributed by atoms with Gasteiger partial charge in [-0.25, -0.2) is 10.4 Å². The lowest BCUT2D eigenvalue weighted by atomic mass is 9.97. The first-order valence-corrected chi connectivity index (χ1v) is 13.9. The number of thiophene rings is 1. The van der Waals surface area contributed by atoms with Crippen molar-refractivity contribution in [3.8, 4) is 17.2 Å². The largest absolute Gasteiger partial charge is 0.507 e. The number of phenolic OH excluding ortho intramolecular Hbond substituents is 1. The van der Waals surface area contributed by atoms with E-state index in [0.717, 1.165) is 41.8 Å². The molecule has 0 saturated carbocycles. The number of carbonyl (C=O) groups excluding carboxylic acids is 1. The van der Waals surface area contributed by atoms with E-state index in [1.54, 1.807) is 40.2 Å². The van der Waals surface area contributed by atoms with Crippen LogP contribution < -0.4 is 15.7 Å². The number of para-hydroxylation sites is 1. The number of hydrazone groups is 1. The summed E-state index contributed by atoms with van der Waals surface area (Å²) in [7, 11) is 0. The maximum atomic E-state index is 13.8. The molecule has 1 aliphatic carbocycles. The molecule has 1 aliphatic rings. The Morgan fingerprint density at radius 1 is 1.22 bits per heavy atom. The van der Waals surface area contributed by atoms with Crippen LogP contribution in [0.3, 0.4) is 0 Å². The number of fused-ring (bicyclic) bond motifs is 3. The van der Waals surface area contributed by atoms with Crippen LogP contribution >= 0.6 is 23.1 Å². The molecule has 0 atom stereocenters. The second-order valence-electron chi connectivity index (χ2n) is 8.49. The van der Waals surface area contributed by atoms with Crippen molar-refractivity contribution in [1.29, 1.82) is 0 Å². The summed E-state index contributed by atoms with van der Waals surface area (Å²) >= 11 is 2.76. The molecule has 0 saturated heterocycles. The van der Waals surface area contributed by atoms with E-state index in [-0.39, 0.29) is 23.0 Å². The van der Waals surface area contributed by atoms with Crippen LogP contribution in [0, 0.1) is 0 Å². The number of thioether (sulfide) groups is 1. The van der Waals surface area contributed by atoms with Gasteiger partial charge in [0.1, 0.15) is 16.3 Å². The Kier molecular flexibility index (Phi) is 7.57. The Bertz CT molecular complexity index is 1530. The maximum Gasteiger partial charge on any atom is 0.267 e. The van der Waals surface area contributed by atoms with Crippen molar-refractivity contribution in [3.63, 3.8) is 0 Å². The topological polar surface area (TPSA) is 106 Å². The van der Waals surface area contributed by atoms with Crippen LogP contribution in [0.1, 0.15) is 35.8 Å². The third kappa shape index (κ3) is 5.40. The van der Waals surface area contributed by atoms with Crippen molar-refractivity contribution >= 4 is 45.4 Å². The number of benzene rings is 2. The minimum atomic E-state index is -0.352. The Morgan fingerprint density at radius 3 is 2.78 bits per heavy atom. The first-order chi connectivity index (χ1) is 18.0. The molecular weight excluding hydrogens is 508 g/mol. The van der Waals surface area contributed by atoms with Gasteiger partial charge in [-0.05, 0) is 74.6 Å². The third-order valence-corrected chi connectivity index (χ3v) is 8.15. The van der Waals surface area contributed by atoms with Gasteiger partial charge in [0.2, 0.25) is 0 Å². The molecule has 0 fully saturated rings. The molecule has 2 aromatic carbocycles. The van der Waals surface area contributed by atoms with E-state index in [2.05, 4.69) is 10.5 Å². The summed E-state index contributed by atoms with van der Waals surface area (Å²) < 4.78 is 7.14. The highest BCUT2D eigenvalue weighted by molar-refractivity contribution is 7.99. The Labute approximate surface area is 222 Å². The molecule has 2 aromatic heterocycles. The van der Waals surface area contributed by atoms with Gasteiger partial charge in [0.25, 0.3) is 11.5 Å². The molecule has 0 aliphatic heterocycles. The number of nitrogens with zero attached hydrogens (tertiary/aromatic N) is 3. The highest BCUT2D eigenvalue weighted by Gasteiger charge is 2.23. The number of hydrogen-bond donors (Lipinski definition) is 2. The van der Waals surface area contributed by atoms with E-state index in [4.69, 9.17) is 9.72 Å². The fraction of sp³-hybridized carbons (Fsp3) is 0.259. The van der Waals surface area contributed by atoms with Crippen LogP contribution in [0.4, 0.5) is 0 Å². The van der Waals surface area contributed by atoms with E-state index in [0.29, 0.717) is 28.4 Å². The molecule has 10 heteroatoms. The zero-order valence-corrected chi connectivity index (χ0v) is 21.9. The molecule has 8 nitrogen and oxygen atoms in total. The van der Waals surface area contributed by atoms with Gasteiger partial charge < -0.3 is 9.84 Å². The van der Waals surface area contributed by atoms with Crippen molar-refractivity contribution < 1.29 is 14.6 Å².